The number of hydroxylamine groups is 2. The van der Waals surface area contributed by atoms with E-state index >= 15 is 0 Å². The average Bonchev–Trinajstić information content (AvgIpc) is 3.00. The number of nitrogens with two attached hydrogens (primary N) is 5. The second kappa shape index (κ2) is 17.7. The van der Waals surface area contributed by atoms with Crippen LogP contribution in [0.25, 0.3) is 0 Å². The van der Waals surface area contributed by atoms with Gasteiger partial charge in [0, 0.05) is 32.1 Å². The molecule has 0 aromatic rings. The van der Waals surface area contributed by atoms with Crippen molar-refractivity contribution >= 4 is 5.91 Å². The topological polar surface area (TPSA) is 321 Å². The summed E-state index contributed by atoms with van der Waals surface area (Å²) in [6.45, 7) is 0.0371. The fourth-order valence-electron chi connectivity index (χ4n) is 5.96. The summed E-state index contributed by atoms with van der Waals surface area (Å²) in [6, 6.07) is -2.47. The number of rotatable bonds is 15. The first-order valence-corrected chi connectivity index (χ1v) is 15.2. The van der Waals surface area contributed by atoms with Crippen LogP contribution in [0.5, 0.6) is 0 Å². The molecule has 3 fully saturated rings. The summed E-state index contributed by atoms with van der Waals surface area (Å²) in [5.41, 5.74) is 29.3. The van der Waals surface area contributed by atoms with Crippen LogP contribution in [0.4, 0.5) is 0 Å². The van der Waals surface area contributed by atoms with E-state index in [-0.39, 0.29) is 45.1 Å². The Kier molecular flexibility index (Phi) is 15.0. The highest BCUT2D eigenvalue weighted by molar-refractivity contribution is 5.75. The van der Waals surface area contributed by atoms with E-state index in [1.54, 1.807) is 0 Å². The van der Waals surface area contributed by atoms with Crippen molar-refractivity contribution < 1.29 is 54.5 Å². The fourth-order valence-corrected chi connectivity index (χ4v) is 5.96. The Hall–Kier alpha value is -1.17. The third kappa shape index (κ3) is 9.44. The summed E-state index contributed by atoms with van der Waals surface area (Å²) in [5.74, 6) is -1.49. The van der Waals surface area contributed by atoms with Gasteiger partial charge in [-0.15, -0.1) is 0 Å². The zero-order valence-electron chi connectivity index (χ0n) is 24.9. The highest BCUT2D eigenvalue weighted by Crippen LogP contribution is 2.36. The van der Waals surface area contributed by atoms with E-state index in [1.165, 1.54) is 0 Å². The van der Waals surface area contributed by atoms with Gasteiger partial charge in [-0.1, -0.05) is 0 Å². The molecule has 2 unspecified atom stereocenters. The lowest BCUT2D eigenvalue weighted by atomic mass is 9.77. The lowest BCUT2D eigenvalue weighted by molar-refractivity contribution is -0.318. The molecule has 1 aliphatic carbocycles. The Bertz CT molecular complexity index is 867. The molecule has 0 bridgehead atoms. The van der Waals surface area contributed by atoms with Crippen molar-refractivity contribution in [2.75, 3.05) is 39.3 Å². The van der Waals surface area contributed by atoms with Gasteiger partial charge in [0.15, 0.2) is 12.6 Å². The highest BCUT2D eigenvalue weighted by Gasteiger charge is 2.51. The number of aliphatic hydroxyl groups is 5. The molecule has 3 rings (SSSR count). The molecule has 0 aromatic carbocycles. The average molecular weight is 640 g/mol. The first-order valence-electron chi connectivity index (χ1n) is 15.2. The number of hydrogen-bond acceptors (Lipinski definition) is 17. The van der Waals surface area contributed by atoms with Gasteiger partial charge in [-0.2, -0.15) is 0 Å². The summed E-state index contributed by atoms with van der Waals surface area (Å²) in [6.07, 6.45) is -10.0. The van der Waals surface area contributed by atoms with E-state index in [2.05, 4.69) is 5.32 Å². The van der Waals surface area contributed by atoms with Gasteiger partial charge in [-0.3, -0.25) is 10.0 Å². The third-order valence-corrected chi connectivity index (χ3v) is 8.55. The minimum Gasteiger partial charge on any atom is -0.394 e. The van der Waals surface area contributed by atoms with E-state index in [9.17, 15) is 35.5 Å². The molecule has 0 spiro atoms. The largest absolute Gasteiger partial charge is 0.394 e. The Balaban J connectivity index is 1.83. The van der Waals surface area contributed by atoms with Gasteiger partial charge >= 0.3 is 0 Å². The van der Waals surface area contributed by atoms with Gasteiger partial charge in [0.05, 0.1) is 43.5 Å². The molecule has 3 aliphatic rings. The van der Waals surface area contributed by atoms with Crippen LogP contribution in [0.3, 0.4) is 0 Å². The van der Waals surface area contributed by atoms with Gasteiger partial charge < -0.3 is 78.5 Å². The molecule has 2 saturated heterocycles. The second-order valence-corrected chi connectivity index (χ2v) is 11.8. The maximum atomic E-state index is 12.8. The standard InChI is InChI=1S/C26H53N7O11/c27-4-3-13(35)10-32-16-2-1-14(9-29)41-25(16)44-24-15(30)7-12(8-18(36)33(40)6-5-28)23(22(24)39)43-26-21(38)19(31)20(37)17(11-34)42-26/h12-17,19-26,32,34-35,37-40H,1-11,27-31H2/t12-,13?,14-,15-,16+,17+,19-,20+,21+,22+,23-,24?,25+,26+/m0/s1. The van der Waals surface area contributed by atoms with E-state index in [0.717, 1.165) is 0 Å². The lowest BCUT2D eigenvalue weighted by Gasteiger charge is -2.48. The maximum absolute atomic E-state index is 12.8. The molecular weight excluding hydrogens is 586 g/mol. The molecular formula is C26H53N7O11. The Morgan fingerprint density at radius 3 is 2.32 bits per heavy atom. The third-order valence-electron chi connectivity index (χ3n) is 8.55. The van der Waals surface area contributed by atoms with Crippen LogP contribution < -0.4 is 34.0 Å². The first-order chi connectivity index (χ1) is 20.9. The summed E-state index contributed by atoms with van der Waals surface area (Å²) in [4.78, 5) is 12.8. The van der Waals surface area contributed by atoms with Crippen molar-refractivity contribution in [1.82, 2.24) is 10.4 Å². The van der Waals surface area contributed by atoms with Gasteiger partial charge in [0.2, 0.25) is 5.91 Å². The summed E-state index contributed by atoms with van der Waals surface area (Å²) < 4.78 is 24.0. The number of aliphatic hydroxyl groups excluding tert-OH is 5. The molecule has 1 amide bonds. The summed E-state index contributed by atoms with van der Waals surface area (Å²) >= 11 is 0. The number of nitrogens with zero attached hydrogens (tertiary/aromatic N) is 1. The van der Waals surface area contributed by atoms with Crippen LogP contribution in [-0.2, 0) is 23.7 Å². The number of ether oxygens (including phenoxy) is 4. The number of carbonyl (C=O) groups excluding carboxylic acids is 1. The van der Waals surface area contributed by atoms with Crippen LogP contribution in [0.1, 0.15) is 32.1 Å². The Morgan fingerprint density at radius 2 is 1.68 bits per heavy atom. The fraction of sp³-hybridized carbons (Fsp3) is 0.962. The molecule has 14 atom stereocenters. The molecule has 0 radical (unpaired) electrons. The van der Waals surface area contributed by atoms with Gasteiger partial charge in [-0.05, 0) is 38.1 Å². The van der Waals surface area contributed by atoms with Crippen LogP contribution in [0.15, 0.2) is 0 Å². The maximum Gasteiger partial charge on any atom is 0.246 e. The predicted molar refractivity (Wildman–Crippen MR) is 153 cm³/mol. The molecule has 44 heavy (non-hydrogen) atoms. The van der Waals surface area contributed by atoms with Crippen molar-refractivity contribution in [2.24, 2.45) is 34.6 Å². The molecule has 258 valence electrons. The smallest absolute Gasteiger partial charge is 0.246 e. The zero-order valence-corrected chi connectivity index (χ0v) is 24.9. The second-order valence-electron chi connectivity index (χ2n) is 11.8. The van der Waals surface area contributed by atoms with Crippen LogP contribution >= 0.6 is 0 Å². The monoisotopic (exact) mass is 639 g/mol. The van der Waals surface area contributed by atoms with Gasteiger partial charge in [-0.25, -0.2) is 5.06 Å². The molecule has 0 aromatic heterocycles. The summed E-state index contributed by atoms with van der Waals surface area (Å²) in [5, 5.41) is 66.2. The number of amides is 1. The van der Waals surface area contributed by atoms with E-state index in [1.807, 2.05) is 0 Å². The molecule has 18 heteroatoms. The van der Waals surface area contributed by atoms with Crippen molar-refractivity contribution in [1.29, 1.82) is 0 Å². The lowest BCUT2D eigenvalue weighted by Crippen LogP contribution is -2.66. The normalized spacial score (nSPS) is 40.5. The molecule has 18 nitrogen and oxygen atoms in total. The predicted octanol–water partition coefficient (Wildman–Crippen LogP) is -6.07. The van der Waals surface area contributed by atoms with E-state index in [4.69, 9.17) is 47.6 Å². The van der Waals surface area contributed by atoms with Gasteiger partial charge in [0.1, 0.15) is 30.5 Å². The van der Waals surface area contributed by atoms with Gasteiger partial charge in [0.25, 0.3) is 0 Å². The first kappa shape index (κ1) is 37.3. The zero-order chi connectivity index (χ0) is 32.6. The van der Waals surface area contributed by atoms with Crippen LogP contribution in [-0.4, -0.2) is 161 Å². The number of carbonyl (C=O) groups is 1. The van der Waals surface area contributed by atoms with Crippen molar-refractivity contribution in [3.8, 4) is 0 Å². The van der Waals surface area contributed by atoms with E-state index < -0.39 is 91.9 Å². The van der Waals surface area contributed by atoms with Crippen LogP contribution in [0.2, 0.25) is 0 Å². The van der Waals surface area contributed by atoms with E-state index in [0.29, 0.717) is 30.9 Å². The van der Waals surface area contributed by atoms with Crippen LogP contribution in [0, 0.1) is 5.92 Å². The number of nitrogens with one attached hydrogen (secondary N) is 1. The molecule has 17 N–H and O–H groups in total. The van der Waals surface area contributed by atoms with Crippen molar-refractivity contribution in [3.63, 3.8) is 0 Å². The minimum absolute atomic E-state index is 0.0133. The molecule has 2 aliphatic heterocycles. The highest BCUT2D eigenvalue weighted by atomic mass is 16.7. The Labute approximate surface area is 256 Å². The quantitative estimate of drug-likeness (QED) is 0.0585. The van der Waals surface area contributed by atoms with Crippen molar-refractivity contribution in [3.05, 3.63) is 0 Å². The minimum atomic E-state index is -1.56. The number of hydrogen-bond donors (Lipinski definition) is 12. The molecule has 1 saturated carbocycles. The summed E-state index contributed by atoms with van der Waals surface area (Å²) in [7, 11) is 0. The SMILES string of the molecule is NCCC(O)CN[C@@H]1CC[C@@H](CN)O[C@@H]1OC1[C@@H](N)C[C@@H](CC(=O)N(O)CCN)[C@H](O[C@H]2O[C@H](CO)[C@@H](O)[C@H](N)[C@H]2O)[C@H]1O. The Morgan fingerprint density at radius 1 is 0.977 bits per heavy atom. The van der Waals surface area contributed by atoms with Crippen molar-refractivity contribution in [2.45, 2.75) is 112 Å². The molecule has 2 heterocycles.